The minimum Gasteiger partial charge on any atom is -0.490 e. The molecule has 0 fully saturated rings. The van der Waals surface area contributed by atoms with E-state index in [2.05, 4.69) is 15.6 Å². The molecule has 0 aliphatic heterocycles. The average Bonchev–Trinajstić information content (AvgIpc) is 3.31. The molecule has 10 heteroatoms. The van der Waals surface area contributed by atoms with E-state index in [9.17, 15) is 14.0 Å². The summed E-state index contributed by atoms with van der Waals surface area (Å²) < 4.78 is 31.9. The summed E-state index contributed by atoms with van der Waals surface area (Å²) in [4.78, 5) is 26.7. The third kappa shape index (κ3) is 6.06. The average molecular weight is 547 g/mol. The van der Waals surface area contributed by atoms with Gasteiger partial charge in [0.25, 0.3) is 11.5 Å². The predicted molar refractivity (Wildman–Crippen MR) is 151 cm³/mol. The zero-order valence-electron chi connectivity index (χ0n) is 22.8. The molecule has 1 amide bonds. The van der Waals surface area contributed by atoms with Crippen LogP contribution < -0.4 is 25.2 Å². The van der Waals surface area contributed by atoms with Gasteiger partial charge in [-0.1, -0.05) is 30.3 Å². The molecule has 0 radical (unpaired) electrons. The van der Waals surface area contributed by atoms with Gasteiger partial charge in [-0.3, -0.25) is 14.7 Å². The maximum absolute atomic E-state index is 13.5. The maximum atomic E-state index is 13.5. The van der Waals surface area contributed by atoms with Gasteiger partial charge in [0.05, 0.1) is 42.5 Å². The Labute approximate surface area is 231 Å². The molecule has 4 rings (SSSR count). The van der Waals surface area contributed by atoms with Gasteiger partial charge in [0.1, 0.15) is 5.82 Å². The van der Waals surface area contributed by atoms with E-state index in [1.54, 1.807) is 19.1 Å². The van der Waals surface area contributed by atoms with E-state index in [4.69, 9.17) is 14.2 Å². The highest BCUT2D eigenvalue weighted by Crippen LogP contribution is 2.39. The molecule has 0 saturated heterocycles. The summed E-state index contributed by atoms with van der Waals surface area (Å²) in [5.74, 6) is 0.228. The fourth-order valence-electron chi connectivity index (χ4n) is 4.13. The first-order valence-corrected chi connectivity index (χ1v) is 13.0. The minimum atomic E-state index is -0.528. The number of nitrogens with zero attached hydrogens (tertiary/aromatic N) is 2. The first kappa shape index (κ1) is 28.2. The summed E-state index contributed by atoms with van der Waals surface area (Å²) in [6.45, 7) is 8.26. The van der Waals surface area contributed by atoms with Crippen molar-refractivity contribution in [2.75, 3.05) is 19.8 Å². The summed E-state index contributed by atoms with van der Waals surface area (Å²) in [7, 11) is 0. The molecular formula is C30H31FN4O5. The predicted octanol–water partition coefficient (Wildman–Crippen LogP) is 5.32. The highest BCUT2D eigenvalue weighted by atomic mass is 19.1. The fraction of sp³-hybridized carbons (Fsp3) is 0.233. The van der Waals surface area contributed by atoms with E-state index in [1.165, 1.54) is 28.9 Å². The van der Waals surface area contributed by atoms with Gasteiger partial charge in [0.15, 0.2) is 11.5 Å². The van der Waals surface area contributed by atoms with Gasteiger partial charge in [0.2, 0.25) is 5.75 Å². The summed E-state index contributed by atoms with van der Waals surface area (Å²) in [5, 5.41) is 7.36. The first-order valence-electron chi connectivity index (χ1n) is 13.0. The fourth-order valence-corrected chi connectivity index (χ4v) is 4.13. The summed E-state index contributed by atoms with van der Waals surface area (Å²) >= 11 is 0. The number of rotatable bonds is 11. The first-order chi connectivity index (χ1) is 19.4. The quantitative estimate of drug-likeness (QED) is 0.196. The van der Waals surface area contributed by atoms with Crippen molar-refractivity contribution in [2.24, 2.45) is 5.10 Å². The summed E-state index contributed by atoms with van der Waals surface area (Å²) in [6, 6.07) is 17.9. The van der Waals surface area contributed by atoms with E-state index >= 15 is 0 Å². The Morgan fingerprint density at radius 2 is 1.52 bits per heavy atom. The second-order valence-corrected chi connectivity index (χ2v) is 8.58. The number of carbonyl (C=O) groups is 1. The monoisotopic (exact) mass is 546 g/mol. The van der Waals surface area contributed by atoms with E-state index in [-0.39, 0.29) is 16.8 Å². The van der Waals surface area contributed by atoms with Crippen molar-refractivity contribution in [3.63, 3.8) is 0 Å². The van der Waals surface area contributed by atoms with Crippen LogP contribution in [0.1, 0.15) is 43.6 Å². The number of hydrogen-bond donors (Lipinski definition) is 2. The van der Waals surface area contributed by atoms with Gasteiger partial charge in [-0.25, -0.2) is 14.5 Å². The van der Waals surface area contributed by atoms with Crippen LogP contribution in [0.3, 0.4) is 0 Å². The largest absolute Gasteiger partial charge is 0.490 e. The van der Waals surface area contributed by atoms with E-state index in [0.29, 0.717) is 48.5 Å². The molecule has 1 aromatic heterocycles. The number of benzene rings is 3. The number of H-pyrrole nitrogens is 1. The lowest BCUT2D eigenvalue weighted by atomic mass is 10.1. The van der Waals surface area contributed by atoms with Crippen LogP contribution in [-0.2, 0) is 0 Å². The third-order valence-corrected chi connectivity index (χ3v) is 5.90. The molecule has 2 N–H and O–H groups in total. The van der Waals surface area contributed by atoms with Gasteiger partial charge in [-0.15, -0.1) is 0 Å². The molecule has 0 unspecified atom stereocenters. The lowest BCUT2D eigenvalue weighted by Crippen LogP contribution is -2.23. The molecule has 0 aliphatic carbocycles. The second kappa shape index (κ2) is 12.8. The number of hydrazone groups is 1. The summed E-state index contributed by atoms with van der Waals surface area (Å²) in [6.07, 6.45) is 0. The molecule has 0 saturated carbocycles. The van der Waals surface area contributed by atoms with Crippen LogP contribution in [0.5, 0.6) is 17.2 Å². The standard InChI is InChI=1S/C30H31FN4O5/c1-5-38-24-17-21(18-25(39-6-2)28(24)40-7-3)29(36)33-32-19(4)26-27(20-11-9-8-10-12-20)34-35(30(26)37)23-15-13-22(31)14-16-23/h8-18,34H,5-7H2,1-4H3,(H,33,36)/b32-19+. The third-order valence-electron chi connectivity index (χ3n) is 5.90. The van der Waals surface area contributed by atoms with Crippen molar-refractivity contribution in [2.45, 2.75) is 27.7 Å². The van der Waals surface area contributed by atoms with Crippen LogP contribution in [0.25, 0.3) is 16.9 Å². The highest BCUT2D eigenvalue weighted by molar-refractivity contribution is 6.04. The zero-order chi connectivity index (χ0) is 28.6. The van der Waals surface area contributed by atoms with Crippen LogP contribution in [-0.4, -0.2) is 41.2 Å². The SMILES string of the molecule is CCOc1cc(C(=O)N/N=C(\C)c2c(-c3ccccc3)[nH]n(-c3ccc(F)cc3)c2=O)cc(OCC)c1OCC. The van der Waals surface area contributed by atoms with Crippen molar-refractivity contribution >= 4 is 11.6 Å². The number of halogens is 1. The lowest BCUT2D eigenvalue weighted by Gasteiger charge is -2.16. The Kier molecular flexibility index (Phi) is 9.00. The Hall–Kier alpha value is -4.86. The molecule has 0 spiro atoms. The van der Waals surface area contributed by atoms with Gasteiger partial charge >= 0.3 is 0 Å². The van der Waals surface area contributed by atoms with Gasteiger partial charge < -0.3 is 14.2 Å². The van der Waals surface area contributed by atoms with Gasteiger partial charge in [-0.2, -0.15) is 5.10 Å². The second-order valence-electron chi connectivity index (χ2n) is 8.58. The molecule has 9 nitrogen and oxygen atoms in total. The zero-order valence-corrected chi connectivity index (χ0v) is 22.8. The summed E-state index contributed by atoms with van der Waals surface area (Å²) in [5.41, 5.74) is 4.60. The molecule has 0 bridgehead atoms. The topological polar surface area (TPSA) is 107 Å². The van der Waals surface area contributed by atoms with Gasteiger partial charge in [0, 0.05) is 11.1 Å². The Morgan fingerprint density at radius 3 is 2.10 bits per heavy atom. The van der Waals surface area contributed by atoms with Crippen molar-refractivity contribution in [3.8, 4) is 34.2 Å². The van der Waals surface area contributed by atoms with Crippen molar-refractivity contribution in [3.05, 3.63) is 94.0 Å². The molecule has 0 aliphatic rings. The minimum absolute atomic E-state index is 0.243. The number of nitrogens with one attached hydrogen (secondary N) is 2. The number of aromatic nitrogens is 2. The molecule has 0 atom stereocenters. The maximum Gasteiger partial charge on any atom is 0.281 e. The molecule has 208 valence electrons. The normalized spacial score (nSPS) is 11.3. The van der Waals surface area contributed by atoms with Crippen LogP contribution in [0, 0.1) is 5.82 Å². The van der Waals surface area contributed by atoms with E-state index in [1.807, 2.05) is 51.1 Å². The van der Waals surface area contributed by atoms with Crippen molar-refractivity contribution in [1.82, 2.24) is 15.2 Å². The highest BCUT2D eigenvalue weighted by Gasteiger charge is 2.21. The van der Waals surface area contributed by atoms with Crippen LogP contribution >= 0.6 is 0 Å². The van der Waals surface area contributed by atoms with Crippen molar-refractivity contribution < 1.29 is 23.4 Å². The van der Waals surface area contributed by atoms with Gasteiger partial charge in [-0.05, 0) is 64.1 Å². The Bertz CT molecular complexity index is 1530. The van der Waals surface area contributed by atoms with E-state index in [0.717, 1.165) is 5.56 Å². The Morgan fingerprint density at radius 1 is 0.925 bits per heavy atom. The van der Waals surface area contributed by atoms with Crippen LogP contribution in [0.4, 0.5) is 4.39 Å². The Balaban J connectivity index is 1.72. The van der Waals surface area contributed by atoms with Crippen molar-refractivity contribution in [1.29, 1.82) is 0 Å². The number of ether oxygens (including phenoxy) is 3. The molecule has 3 aromatic carbocycles. The van der Waals surface area contributed by atoms with E-state index < -0.39 is 17.3 Å². The number of aromatic amines is 1. The molecule has 1 heterocycles. The van der Waals surface area contributed by atoms with Crippen LogP contribution in [0.2, 0.25) is 0 Å². The lowest BCUT2D eigenvalue weighted by molar-refractivity contribution is 0.0953. The number of carbonyl (C=O) groups excluding carboxylic acids is 1. The van der Waals surface area contributed by atoms with Crippen LogP contribution in [0.15, 0.2) is 76.6 Å². The molecule has 40 heavy (non-hydrogen) atoms. The molecular weight excluding hydrogens is 515 g/mol. The smallest absolute Gasteiger partial charge is 0.281 e. The molecule has 4 aromatic rings. The number of hydrogen-bond acceptors (Lipinski definition) is 6. The number of amides is 1.